The SMILES string of the molecule is C=C[C@@H](C)C(C)(C)[C@@H](C)O. The van der Waals surface area contributed by atoms with E-state index in [1.54, 1.807) is 0 Å². The lowest BCUT2D eigenvalue weighted by Crippen LogP contribution is -2.32. The monoisotopic (exact) mass is 142 g/mol. The van der Waals surface area contributed by atoms with E-state index in [2.05, 4.69) is 13.5 Å². The minimum Gasteiger partial charge on any atom is -0.393 e. The van der Waals surface area contributed by atoms with Crippen molar-refractivity contribution in [3.05, 3.63) is 12.7 Å². The van der Waals surface area contributed by atoms with Gasteiger partial charge in [0.2, 0.25) is 0 Å². The van der Waals surface area contributed by atoms with Gasteiger partial charge in [0.05, 0.1) is 6.10 Å². The zero-order chi connectivity index (χ0) is 8.36. The van der Waals surface area contributed by atoms with Gasteiger partial charge in [0.25, 0.3) is 0 Å². The summed E-state index contributed by atoms with van der Waals surface area (Å²) in [4.78, 5) is 0. The van der Waals surface area contributed by atoms with Crippen molar-refractivity contribution in [3.63, 3.8) is 0 Å². The van der Waals surface area contributed by atoms with E-state index in [4.69, 9.17) is 0 Å². The summed E-state index contributed by atoms with van der Waals surface area (Å²) in [7, 11) is 0. The van der Waals surface area contributed by atoms with Gasteiger partial charge in [0, 0.05) is 0 Å². The summed E-state index contributed by atoms with van der Waals surface area (Å²) in [6.45, 7) is 11.7. The van der Waals surface area contributed by atoms with Crippen LogP contribution in [0.2, 0.25) is 0 Å². The fourth-order valence-corrected chi connectivity index (χ4v) is 0.684. The number of aliphatic hydroxyl groups is 1. The zero-order valence-corrected chi connectivity index (χ0v) is 7.39. The van der Waals surface area contributed by atoms with Gasteiger partial charge in [-0.25, -0.2) is 0 Å². The Hall–Kier alpha value is -0.300. The van der Waals surface area contributed by atoms with Crippen molar-refractivity contribution in [1.29, 1.82) is 0 Å². The van der Waals surface area contributed by atoms with Crippen LogP contribution in [0.25, 0.3) is 0 Å². The quantitative estimate of drug-likeness (QED) is 0.599. The molecule has 0 aromatic carbocycles. The van der Waals surface area contributed by atoms with Crippen molar-refractivity contribution in [2.75, 3.05) is 0 Å². The molecule has 1 nitrogen and oxygen atoms in total. The van der Waals surface area contributed by atoms with E-state index in [9.17, 15) is 5.11 Å². The van der Waals surface area contributed by atoms with Gasteiger partial charge in [-0.1, -0.05) is 26.8 Å². The molecular formula is C9H18O. The summed E-state index contributed by atoms with van der Waals surface area (Å²) in [5, 5.41) is 9.33. The first-order valence-corrected chi connectivity index (χ1v) is 3.73. The van der Waals surface area contributed by atoms with Gasteiger partial charge in [-0.2, -0.15) is 0 Å². The molecule has 2 atom stereocenters. The van der Waals surface area contributed by atoms with Crippen LogP contribution in [0.3, 0.4) is 0 Å². The Morgan fingerprint density at radius 3 is 1.90 bits per heavy atom. The van der Waals surface area contributed by atoms with Crippen LogP contribution in [0.4, 0.5) is 0 Å². The molecule has 0 radical (unpaired) electrons. The summed E-state index contributed by atoms with van der Waals surface area (Å²) in [5.74, 6) is 0.354. The standard InChI is InChI=1S/C9H18O/c1-6-7(2)9(4,5)8(3)10/h6-8,10H,1H2,2-5H3/t7-,8-/m1/s1. The minimum absolute atomic E-state index is 0.0538. The maximum absolute atomic E-state index is 9.33. The fourth-order valence-electron chi connectivity index (χ4n) is 0.684. The lowest BCUT2D eigenvalue weighted by molar-refractivity contribution is 0.0404. The first-order chi connectivity index (χ1) is 4.42. The molecule has 0 fully saturated rings. The average Bonchev–Trinajstić information content (AvgIpc) is 1.86. The molecule has 0 unspecified atom stereocenters. The van der Waals surface area contributed by atoms with Gasteiger partial charge < -0.3 is 5.11 Å². The Labute approximate surface area is 63.8 Å². The Kier molecular flexibility index (Phi) is 3.10. The largest absolute Gasteiger partial charge is 0.393 e. The van der Waals surface area contributed by atoms with Crippen molar-refractivity contribution in [2.45, 2.75) is 33.8 Å². The van der Waals surface area contributed by atoms with Crippen LogP contribution < -0.4 is 0 Å². The topological polar surface area (TPSA) is 20.2 Å². The maximum atomic E-state index is 9.33. The summed E-state index contributed by atoms with van der Waals surface area (Å²) in [5.41, 5.74) is -0.0538. The Balaban J connectivity index is 4.22. The van der Waals surface area contributed by atoms with Gasteiger partial charge in [-0.3, -0.25) is 0 Å². The van der Waals surface area contributed by atoms with E-state index in [-0.39, 0.29) is 11.5 Å². The normalized spacial score (nSPS) is 18.1. The molecule has 0 aliphatic heterocycles. The van der Waals surface area contributed by atoms with E-state index < -0.39 is 0 Å². The molecule has 0 aromatic rings. The molecule has 10 heavy (non-hydrogen) atoms. The smallest absolute Gasteiger partial charge is 0.0568 e. The molecular weight excluding hydrogens is 124 g/mol. The van der Waals surface area contributed by atoms with Gasteiger partial charge >= 0.3 is 0 Å². The van der Waals surface area contributed by atoms with Crippen molar-refractivity contribution in [2.24, 2.45) is 11.3 Å². The molecule has 0 spiro atoms. The van der Waals surface area contributed by atoms with E-state index in [1.165, 1.54) is 0 Å². The van der Waals surface area contributed by atoms with E-state index in [1.807, 2.05) is 26.8 Å². The average molecular weight is 142 g/mol. The third-order valence-electron chi connectivity index (χ3n) is 2.60. The van der Waals surface area contributed by atoms with Gasteiger partial charge in [0.1, 0.15) is 0 Å². The molecule has 0 saturated heterocycles. The first-order valence-electron chi connectivity index (χ1n) is 3.73. The summed E-state index contributed by atoms with van der Waals surface area (Å²) < 4.78 is 0. The van der Waals surface area contributed by atoms with Crippen molar-refractivity contribution < 1.29 is 5.11 Å². The highest BCUT2D eigenvalue weighted by Gasteiger charge is 2.28. The van der Waals surface area contributed by atoms with Crippen LogP contribution in [-0.4, -0.2) is 11.2 Å². The highest BCUT2D eigenvalue weighted by atomic mass is 16.3. The molecule has 0 heterocycles. The van der Waals surface area contributed by atoms with Gasteiger partial charge in [0.15, 0.2) is 0 Å². The van der Waals surface area contributed by atoms with Crippen molar-refractivity contribution in [1.82, 2.24) is 0 Å². The lowest BCUT2D eigenvalue weighted by Gasteiger charge is -2.32. The molecule has 0 aromatic heterocycles. The second-order valence-corrected chi connectivity index (χ2v) is 3.52. The lowest BCUT2D eigenvalue weighted by atomic mass is 9.76. The summed E-state index contributed by atoms with van der Waals surface area (Å²) in [6, 6.07) is 0. The number of hydrogen-bond acceptors (Lipinski definition) is 1. The molecule has 0 bridgehead atoms. The van der Waals surface area contributed by atoms with Crippen LogP contribution in [0, 0.1) is 11.3 Å². The van der Waals surface area contributed by atoms with Gasteiger partial charge in [-0.15, -0.1) is 6.58 Å². The van der Waals surface area contributed by atoms with Crippen molar-refractivity contribution >= 4 is 0 Å². The maximum Gasteiger partial charge on any atom is 0.0568 e. The summed E-state index contributed by atoms with van der Waals surface area (Å²) >= 11 is 0. The predicted octanol–water partition coefficient (Wildman–Crippen LogP) is 2.22. The summed E-state index contributed by atoms with van der Waals surface area (Å²) in [6.07, 6.45) is 1.60. The van der Waals surface area contributed by atoms with E-state index in [0.717, 1.165) is 0 Å². The van der Waals surface area contributed by atoms with Crippen LogP contribution in [-0.2, 0) is 0 Å². The molecule has 0 aliphatic carbocycles. The molecule has 1 N–H and O–H groups in total. The minimum atomic E-state index is -0.277. The van der Waals surface area contributed by atoms with Crippen LogP contribution in [0.15, 0.2) is 12.7 Å². The van der Waals surface area contributed by atoms with E-state index >= 15 is 0 Å². The highest BCUT2D eigenvalue weighted by Crippen LogP contribution is 2.30. The molecule has 0 amide bonds. The Bertz CT molecular complexity index is 114. The van der Waals surface area contributed by atoms with Crippen molar-refractivity contribution in [3.8, 4) is 0 Å². The second-order valence-electron chi connectivity index (χ2n) is 3.52. The Morgan fingerprint density at radius 2 is 1.80 bits per heavy atom. The number of hydrogen-bond donors (Lipinski definition) is 1. The first kappa shape index (κ1) is 9.70. The third-order valence-corrected chi connectivity index (χ3v) is 2.60. The number of allylic oxidation sites excluding steroid dienone is 1. The molecule has 0 saturated carbocycles. The van der Waals surface area contributed by atoms with E-state index in [0.29, 0.717) is 5.92 Å². The molecule has 0 aliphatic rings. The fraction of sp³-hybridized carbons (Fsp3) is 0.778. The number of rotatable bonds is 3. The van der Waals surface area contributed by atoms with Crippen LogP contribution >= 0.6 is 0 Å². The predicted molar refractivity (Wildman–Crippen MR) is 44.8 cm³/mol. The third kappa shape index (κ3) is 1.84. The number of aliphatic hydroxyl groups excluding tert-OH is 1. The van der Waals surface area contributed by atoms with Gasteiger partial charge in [-0.05, 0) is 18.3 Å². The van der Waals surface area contributed by atoms with Crippen LogP contribution in [0.1, 0.15) is 27.7 Å². The molecule has 60 valence electrons. The molecule has 1 heteroatoms. The van der Waals surface area contributed by atoms with Crippen LogP contribution in [0.5, 0.6) is 0 Å². The highest BCUT2D eigenvalue weighted by molar-refractivity contribution is 4.90. The Morgan fingerprint density at radius 1 is 1.40 bits per heavy atom. The zero-order valence-electron chi connectivity index (χ0n) is 7.39. The molecule has 0 rings (SSSR count). The second kappa shape index (κ2) is 3.20.